The van der Waals surface area contributed by atoms with Crippen LogP contribution in [0.2, 0.25) is 0 Å². The summed E-state index contributed by atoms with van der Waals surface area (Å²) in [6.07, 6.45) is 1.46. The molecule has 0 N–H and O–H groups in total. The molecule has 3 heterocycles. The molecule has 1 atom stereocenters. The van der Waals surface area contributed by atoms with Crippen LogP contribution in [0.25, 0.3) is 5.65 Å². The van der Waals surface area contributed by atoms with Crippen LogP contribution in [0.1, 0.15) is 45.7 Å². The van der Waals surface area contributed by atoms with Gasteiger partial charge in [0, 0.05) is 12.6 Å². The maximum absolute atomic E-state index is 12.7. The van der Waals surface area contributed by atoms with E-state index in [-0.39, 0.29) is 12.6 Å². The number of anilines is 1. The quantitative estimate of drug-likeness (QED) is 0.760. The van der Waals surface area contributed by atoms with Gasteiger partial charge in [0.2, 0.25) is 5.88 Å². The van der Waals surface area contributed by atoms with Gasteiger partial charge in [-0.2, -0.15) is 0 Å². The normalized spacial score (nSPS) is 16.8. The summed E-state index contributed by atoms with van der Waals surface area (Å²) in [6, 6.07) is 1.66. The molecule has 2 aromatic rings. The van der Waals surface area contributed by atoms with Gasteiger partial charge in [0.25, 0.3) is 0 Å². The molecule has 1 aliphatic rings. The fourth-order valence-electron chi connectivity index (χ4n) is 3.05. The van der Waals surface area contributed by atoms with Crippen molar-refractivity contribution >= 4 is 23.4 Å². The Kier molecular flexibility index (Phi) is 4.95. The molecular weight excluding hydrogens is 352 g/mol. The van der Waals surface area contributed by atoms with E-state index in [0.29, 0.717) is 35.9 Å². The molecule has 27 heavy (non-hydrogen) atoms. The number of carbonyl (C=O) groups excluding carboxylic acids is 2. The van der Waals surface area contributed by atoms with E-state index in [4.69, 9.17) is 14.2 Å². The number of esters is 1. The fourth-order valence-corrected chi connectivity index (χ4v) is 3.05. The molecule has 1 aliphatic heterocycles. The number of amides is 1. The first-order chi connectivity index (χ1) is 12.7. The Morgan fingerprint density at radius 3 is 2.70 bits per heavy atom. The second-order valence-corrected chi connectivity index (χ2v) is 7.21. The van der Waals surface area contributed by atoms with Crippen molar-refractivity contribution in [3.05, 3.63) is 18.0 Å². The van der Waals surface area contributed by atoms with E-state index in [1.54, 1.807) is 40.0 Å². The van der Waals surface area contributed by atoms with E-state index in [2.05, 4.69) is 10.1 Å². The number of fused-ring (bicyclic) bond motifs is 3. The fraction of sp³-hybridized carbons (Fsp3) is 0.556. The number of carbonyl (C=O) groups is 2. The van der Waals surface area contributed by atoms with Crippen molar-refractivity contribution in [1.82, 2.24) is 14.6 Å². The molecule has 9 nitrogen and oxygen atoms in total. The average molecular weight is 376 g/mol. The van der Waals surface area contributed by atoms with E-state index < -0.39 is 17.6 Å². The summed E-state index contributed by atoms with van der Waals surface area (Å²) in [7, 11) is 1.50. The van der Waals surface area contributed by atoms with Crippen LogP contribution >= 0.6 is 0 Å². The summed E-state index contributed by atoms with van der Waals surface area (Å²) >= 11 is 0. The molecule has 0 saturated heterocycles. The van der Waals surface area contributed by atoms with Gasteiger partial charge in [-0.15, -0.1) is 5.10 Å². The molecule has 0 saturated carbocycles. The van der Waals surface area contributed by atoms with Crippen LogP contribution in [0.15, 0.2) is 12.3 Å². The van der Waals surface area contributed by atoms with Crippen LogP contribution in [-0.2, 0) is 14.3 Å². The van der Waals surface area contributed by atoms with E-state index in [1.807, 2.05) is 0 Å². The first kappa shape index (κ1) is 18.9. The highest BCUT2D eigenvalue weighted by Crippen LogP contribution is 2.37. The topological polar surface area (TPSA) is 95.3 Å². The Balaban J connectivity index is 2.11. The third-order valence-electron chi connectivity index (χ3n) is 4.13. The molecule has 3 rings (SSSR count). The van der Waals surface area contributed by atoms with E-state index >= 15 is 0 Å². The third kappa shape index (κ3) is 3.67. The highest BCUT2D eigenvalue weighted by atomic mass is 16.6. The molecular formula is C18H24N4O5. The second-order valence-electron chi connectivity index (χ2n) is 7.21. The van der Waals surface area contributed by atoms with Gasteiger partial charge in [0.05, 0.1) is 31.3 Å². The Bertz CT molecular complexity index is 870. The number of ether oxygens (including phenoxy) is 3. The SMILES string of the molecule is CCOC(=O)C1CCN(C(=O)OC(C)(C)C)c2cnc3cc(OC)nn3c21. The number of hydrogen-bond donors (Lipinski definition) is 0. The lowest BCUT2D eigenvalue weighted by molar-refractivity contribution is -0.145. The molecule has 146 valence electrons. The van der Waals surface area contributed by atoms with Gasteiger partial charge in [-0.25, -0.2) is 14.3 Å². The van der Waals surface area contributed by atoms with Gasteiger partial charge in [-0.1, -0.05) is 0 Å². The van der Waals surface area contributed by atoms with Gasteiger partial charge < -0.3 is 14.2 Å². The van der Waals surface area contributed by atoms with Gasteiger partial charge in [0.15, 0.2) is 5.65 Å². The third-order valence-corrected chi connectivity index (χ3v) is 4.13. The van der Waals surface area contributed by atoms with Crippen molar-refractivity contribution in [2.24, 2.45) is 0 Å². The van der Waals surface area contributed by atoms with Gasteiger partial charge in [-0.05, 0) is 34.1 Å². The van der Waals surface area contributed by atoms with Crippen LogP contribution in [0.3, 0.4) is 0 Å². The zero-order chi connectivity index (χ0) is 19.8. The van der Waals surface area contributed by atoms with Gasteiger partial charge >= 0.3 is 12.1 Å². The second kappa shape index (κ2) is 7.05. The summed E-state index contributed by atoms with van der Waals surface area (Å²) < 4.78 is 17.4. The van der Waals surface area contributed by atoms with Crippen LogP contribution in [0.5, 0.6) is 5.88 Å². The average Bonchev–Trinajstić information content (AvgIpc) is 3.02. The number of methoxy groups -OCH3 is 1. The van der Waals surface area contributed by atoms with Crippen LogP contribution in [0, 0.1) is 0 Å². The molecule has 1 unspecified atom stereocenters. The minimum Gasteiger partial charge on any atom is -0.480 e. The van der Waals surface area contributed by atoms with E-state index in [1.165, 1.54) is 16.5 Å². The molecule has 0 fully saturated rings. The first-order valence-electron chi connectivity index (χ1n) is 8.85. The zero-order valence-electron chi connectivity index (χ0n) is 16.2. The summed E-state index contributed by atoms with van der Waals surface area (Å²) in [5.74, 6) is -0.550. The van der Waals surface area contributed by atoms with Crippen molar-refractivity contribution in [3.63, 3.8) is 0 Å². The van der Waals surface area contributed by atoms with Crippen molar-refractivity contribution < 1.29 is 23.8 Å². The maximum atomic E-state index is 12.7. The van der Waals surface area contributed by atoms with Crippen LogP contribution in [-0.4, -0.2) is 52.5 Å². The number of rotatable bonds is 3. The Hall–Kier alpha value is -2.84. The lowest BCUT2D eigenvalue weighted by Gasteiger charge is -2.34. The van der Waals surface area contributed by atoms with Crippen LogP contribution in [0.4, 0.5) is 10.5 Å². The standard InChI is InChI=1S/C18H24N4O5/c1-6-26-16(23)11-7-8-21(17(24)27-18(2,3)4)12-10-19-13-9-14(25-5)20-22(13)15(11)12/h9-11H,6-8H2,1-5H3. The van der Waals surface area contributed by atoms with E-state index in [0.717, 1.165) is 0 Å². The summed E-state index contributed by atoms with van der Waals surface area (Å²) in [4.78, 5) is 31.1. The molecule has 0 bridgehead atoms. The lowest BCUT2D eigenvalue weighted by Crippen LogP contribution is -2.42. The van der Waals surface area contributed by atoms with Gasteiger partial charge in [0.1, 0.15) is 11.5 Å². The molecule has 2 aromatic heterocycles. The zero-order valence-corrected chi connectivity index (χ0v) is 16.2. The van der Waals surface area contributed by atoms with E-state index in [9.17, 15) is 9.59 Å². The Morgan fingerprint density at radius 2 is 2.07 bits per heavy atom. The predicted octanol–water partition coefficient (Wildman–Crippen LogP) is 2.53. The molecule has 0 aliphatic carbocycles. The van der Waals surface area contributed by atoms with Crippen molar-refractivity contribution in [2.45, 2.75) is 45.6 Å². The summed E-state index contributed by atoms with van der Waals surface area (Å²) in [5.41, 5.74) is 0.901. The van der Waals surface area contributed by atoms with Crippen molar-refractivity contribution in [3.8, 4) is 5.88 Å². The predicted molar refractivity (Wildman–Crippen MR) is 97.1 cm³/mol. The number of hydrogen-bond acceptors (Lipinski definition) is 7. The van der Waals surface area contributed by atoms with Gasteiger partial charge in [-0.3, -0.25) is 9.69 Å². The largest absolute Gasteiger partial charge is 0.480 e. The number of nitrogens with zero attached hydrogens (tertiary/aromatic N) is 4. The van der Waals surface area contributed by atoms with Crippen LogP contribution < -0.4 is 9.64 Å². The molecule has 9 heteroatoms. The Labute approximate surface area is 157 Å². The minimum atomic E-state index is -0.637. The smallest absolute Gasteiger partial charge is 0.414 e. The highest BCUT2D eigenvalue weighted by molar-refractivity contribution is 5.92. The maximum Gasteiger partial charge on any atom is 0.414 e. The summed E-state index contributed by atoms with van der Waals surface area (Å²) in [6.45, 7) is 7.76. The molecule has 0 spiro atoms. The molecule has 0 radical (unpaired) electrons. The molecule has 0 aromatic carbocycles. The Morgan fingerprint density at radius 1 is 1.33 bits per heavy atom. The summed E-state index contributed by atoms with van der Waals surface area (Å²) in [5, 5.41) is 4.35. The van der Waals surface area contributed by atoms with Crippen molar-refractivity contribution in [1.29, 1.82) is 0 Å². The minimum absolute atomic E-state index is 0.275. The van der Waals surface area contributed by atoms with Crippen molar-refractivity contribution in [2.75, 3.05) is 25.2 Å². The number of aromatic nitrogens is 3. The molecule has 1 amide bonds. The first-order valence-corrected chi connectivity index (χ1v) is 8.85. The monoisotopic (exact) mass is 376 g/mol. The highest BCUT2D eigenvalue weighted by Gasteiger charge is 2.38. The lowest BCUT2D eigenvalue weighted by atomic mass is 9.95.